The molecule has 4 nitrogen and oxygen atoms in total. The highest BCUT2D eigenvalue weighted by molar-refractivity contribution is 5.42. The molecule has 0 amide bonds. The molecule has 2 rings (SSSR count). The van der Waals surface area contributed by atoms with E-state index < -0.39 is 11.7 Å². The van der Waals surface area contributed by atoms with Gasteiger partial charge in [0.15, 0.2) is 5.60 Å². The maximum atomic E-state index is 9.91. The van der Waals surface area contributed by atoms with Gasteiger partial charge in [0.05, 0.1) is 19.8 Å². The van der Waals surface area contributed by atoms with Crippen LogP contribution in [0, 0.1) is 0 Å². The van der Waals surface area contributed by atoms with Crippen molar-refractivity contribution in [1.82, 2.24) is 0 Å². The Balaban J connectivity index is 2.35. The van der Waals surface area contributed by atoms with Crippen LogP contribution in [-0.4, -0.2) is 35.6 Å². The molecule has 2 atom stereocenters. The number of aliphatic hydroxyl groups is 2. The van der Waals surface area contributed by atoms with Crippen LogP contribution in [0.15, 0.2) is 18.2 Å². The Hall–Kier alpha value is -1.26. The Morgan fingerprint density at radius 3 is 2.94 bits per heavy atom. The lowest BCUT2D eigenvalue weighted by molar-refractivity contribution is -0.0839. The van der Waals surface area contributed by atoms with Crippen molar-refractivity contribution in [3.63, 3.8) is 0 Å². The van der Waals surface area contributed by atoms with Crippen molar-refractivity contribution in [2.75, 3.05) is 13.7 Å². The highest BCUT2D eigenvalue weighted by atomic mass is 16.5. The van der Waals surface area contributed by atoms with Crippen molar-refractivity contribution in [3.05, 3.63) is 23.8 Å². The van der Waals surface area contributed by atoms with Gasteiger partial charge in [0.2, 0.25) is 0 Å². The van der Waals surface area contributed by atoms with Gasteiger partial charge in [0, 0.05) is 12.0 Å². The summed E-state index contributed by atoms with van der Waals surface area (Å²) in [6.45, 7) is 1.49. The molecule has 0 bridgehead atoms. The van der Waals surface area contributed by atoms with Crippen molar-refractivity contribution in [3.8, 4) is 11.5 Å². The van der Waals surface area contributed by atoms with Crippen molar-refractivity contribution >= 4 is 0 Å². The number of rotatable bonds is 2. The van der Waals surface area contributed by atoms with E-state index in [1.807, 2.05) is 6.07 Å². The van der Waals surface area contributed by atoms with E-state index in [1.54, 1.807) is 26.2 Å². The third-order valence-electron chi connectivity index (χ3n) is 3.04. The van der Waals surface area contributed by atoms with Crippen molar-refractivity contribution in [2.24, 2.45) is 0 Å². The number of ether oxygens (including phenoxy) is 2. The zero-order chi connectivity index (χ0) is 11.8. The fourth-order valence-electron chi connectivity index (χ4n) is 1.82. The summed E-state index contributed by atoms with van der Waals surface area (Å²) in [6.07, 6.45) is -0.249. The summed E-state index contributed by atoms with van der Waals surface area (Å²) >= 11 is 0. The molecule has 88 valence electrons. The molecular weight excluding hydrogens is 208 g/mol. The number of methoxy groups -OCH3 is 1. The topological polar surface area (TPSA) is 58.9 Å². The monoisotopic (exact) mass is 224 g/mol. The van der Waals surface area contributed by atoms with E-state index in [0.717, 1.165) is 11.3 Å². The first-order valence-electron chi connectivity index (χ1n) is 5.24. The summed E-state index contributed by atoms with van der Waals surface area (Å²) in [5, 5.41) is 19.2. The predicted molar refractivity (Wildman–Crippen MR) is 58.8 cm³/mol. The normalized spacial score (nSPS) is 28.1. The SMILES string of the molecule is COc1ccc2c(c1)CC(O)C(C)(CO)O2. The number of benzene rings is 1. The molecule has 16 heavy (non-hydrogen) atoms. The third-order valence-corrected chi connectivity index (χ3v) is 3.04. The second-order valence-electron chi connectivity index (χ2n) is 4.27. The predicted octanol–water partition coefficient (Wildman–Crippen LogP) is 0.742. The van der Waals surface area contributed by atoms with E-state index >= 15 is 0 Å². The first-order chi connectivity index (χ1) is 7.59. The van der Waals surface area contributed by atoms with Crippen molar-refractivity contribution in [1.29, 1.82) is 0 Å². The van der Waals surface area contributed by atoms with Gasteiger partial charge in [-0.2, -0.15) is 0 Å². The van der Waals surface area contributed by atoms with Crippen LogP contribution < -0.4 is 9.47 Å². The van der Waals surface area contributed by atoms with Crippen LogP contribution >= 0.6 is 0 Å². The summed E-state index contributed by atoms with van der Waals surface area (Å²) in [5.74, 6) is 1.44. The van der Waals surface area contributed by atoms with Crippen LogP contribution in [0.25, 0.3) is 0 Å². The van der Waals surface area contributed by atoms with Gasteiger partial charge in [0.1, 0.15) is 11.5 Å². The molecule has 0 aliphatic carbocycles. The van der Waals surface area contributed by atoms with Gasteiger partial charge in [0.25, 0.3) is 0 Å². The largest absolute Gasteiger partial charge is 0.497 e. The molecule has 1 heterocycles. The summed E-state index contributed by atoms with van der Waals surface area (Å²) < 4.78 is 10.7. The van der Waals surface area contributed by atoms with Crippen LogP contribution in [0.4, 0.5) is 0 Å². The maximum absolute atomic E-state index is 9.91. The molecule has 0 saturated heterocycles. The zero-order valence-corrected chi connectivity index (χ0v) is 9.43. The minimum absolute atomic E-state index is 0.209. The number of fused-ring (bicyclic) bond motifs is 1. The van der Waals surface area contributed by atoms with Crippen LogP contribution in [0.3, 0.4) is 0 Å². The second kappa shape index (κ2) is 3.96. The van der Waals surface area contributed by atoms with E-state index in [1.165, 1.54) is 0 Å². The molecule has 0 radical (unpaired) electrons. The molecule has 1 aromatic rings. The lowest BCUT2D eigenvalue weighted by Gasteiger charge is -2.38. The molecule has 2 N–H and O–H groups in total. The molecule has 0 aromatic heterocycles. The molecule has 1 aliphatic heterocycles. The van der Waals surface area contributed by atoms with E-state index in [9.17, 15) is 10.2 Å². The molecular formula is C12H16O4. The summed E-state index contributed by atoms with van der Waals surface area (Å²) in [6, 6.07) is 5.44. The highest BCUT2D eigenvalue weighted by Crippen LogP contribution is 2.35. The molecule has 1 aliphatic rings. The Bertz CT molecular complexity index is 391. The molecule has 0 fully saturated rings. The fourth-order valence-corrected chi connectivity index (χ4v) is 1.82. The molecule has 0 spiro atoms. The van der Waals surface area contributed by atoms with Crippen LogP contribution in [0.5, 0.6) is 11.5 Å². The number of hydrogen-bond acceptors (Lipinski definition) is 4. The minimum atomic E-state index is -0.915. The third kappa shape index (κ3) is 1.74. The first kappa shape index (κ1) is 11.2. The summed E-state index contributed by atoms with van der Waals surface area (Å²) in [5.41, 5.74) is -0.0144. The number of aliphatic hydroxyl groups excluding tert-OH is 2. The van der Waals surface area contributed by atoms with Gasteiger partial charge in [-0.05, 0) is 25.1 Å². The van der Waals surface area contributed by atoms with Gasteiger partial charge < -0.3 is 19.7 Å². The Labute approximate surface area is 94.4 Å². The van der Waals surface area contributed by atoms with Crippen LogP contribution in [0.1, 0.15) is 12.5 Å². The van der Waals surface area contributed by atoms with Crippen LogP contribution in [-0.2, 0) is 6.42 Å². The van der Waals surface area contributed by atoms with Gasteiger partial charge in [-0.1, -0.05) is 0 Å². The maximum Gasteiger partial charge on any atom is 0.155 e. The Morgan fingerprint density at radius 1 is 1.56 bits per heavy atom. The van der Waals surface area contributed by atoms with Gasteiger partial charge in [-0.15, -0.1) is 0 Å². The Morgan fingerprint density at radius 2 is 2.31 bits per heavy atom. The lowest BCUT2D eigenvalue weighted by Crippen LogP contribution is -2.51. The van der Waals surface area contributed by atoms with E-state index in [-0.39, 0.29) is 6.61 Å². The zero-order valence-electron chi connectivity index (χ0n) is 9.43. The fraction of sp³-hybridized carbons (Fsp3) is 0.500. The van der Waals surface area contributed by atoms with Crippen LogP contribution in [0.2, 0.25) is 0 Å². The standard InChI is InChI=1S/C12H16O4/c1-12(7-13)11(14)6-8-5-9(15-2)3-4-10(8)16-12/h3-5,11,13-14H,6-7H2,1-2H3. The molecule has 1 aromatic carbocycles. The van der Waals surface area contributed by atoms with E-state index in [0.29, 0.717) is 12.2 Å². The van der Waals surface area contributed by atoms with E-state index in [2.05, 4.69) is 0 Å². The average Bonchev–Trinajstić information content (AvgIpc) is 2.30. The highest BCUT2D eigenvalue weighted by Gasteiger charge is 2.39. The summed E-state index contributed by atoms with van der Waals surface area (Å²) in [7, 11) is 1.60. The molecule has 4 heteroatoms. The lowest BCUT2D eigenvalue weighted by atomic mass is 9.90. The smallest absolute Gasteiger partial charge is 0.155 e. The molecule has 2 unspecified atom stereocenters. The summed E-state index contributed by atoms with van der Waals surface area (Å²) in [4.78, 5) is 0. The number of hydrogen-bond donors (Lipinski definition) is 2. The van der Waals surface area contributed by atoms with E-state index in [4.69, 9.17) is 9.47 Å². The second-order valence-corrected chi connectivity index (χ2v) is 4.27. The van der Waals surface area contributed by atoms with Crippen molar-refractivity contribution < 1.29 is 19.7 Å². The van der Waals surface area contributed by atoms with Crippen molar-refractivity contribution in [2.45, 2.75) is 25.0 Å². The quantitative estimate of drug-likeness (QED) is 0.778. The Kier molecular flexibility index (Phi) is 2.78. The first-order valence-corrected chi connectivity index (χ1v) is 5.24. The van der Waals surface area contributed by atoms with Gasteiger partial charge >= 0.3 is 0 Å². The average molecular weight is 224 g/mol. The van der Waals surface area contributed by atoms with Gasteiger partial charge in [-0.25, -0.2) is 0 Å². The molecule has 0 saturated carbocycles. The van der Waals surface area contributed by atoms with Gasteiger partial charge in [-0.3, -0.25) is 0 Å². The minimum Gasteiger partial charge on any atom is -0.497 e.